The Balaban J connectivity index is 1.77. The van der Waals surface area contributed by atoms with E-state index in [0.717, 1.165) is 18.4 Å². The van der Waals surface area contributed by atoms with E-state index in [2.05, 4.69) is 5.32 Å². The second kappa shape index (κ2) is 6.01. The third kappa shape index (κ3) is 5.02. The van der Waals surface area contributed by atoms with Crippen LogP contribution in [0, 0.1) is 0 Å². The van der Waals surface area contributed by atoms with Gasteiger partial charge in [-0.05, 0) is 24.8 Å². The van der Waals surface area contributed by atoms with Gasteiger partial charge in [0, 0.05) is 16.2 Å². The molecule has 1 aromatic rings. The summed E-state index contributed by atoms with van der Waals surface area (Å²) >= 11 is 0. The summed E-state index contributed by atoms with van der Waals surface area (Å²) in [5.74, 6) is -0.145. The number of alkyl carbamates (subject to hydrolysis) is 1. The molecule has 0 radical (unpaired) electrons. The Bertz CT molecular complexity index is 569. The molecule has 110 valence electrons. The van der Waals surface area contributed by atoms with Crippen molar-refractivity contribution in [2.75, 3.05) is 5.75 Å². The molecule has 0 heterocycles. The zero-order valence-electron chi connectivity index (χ0n) is 10.8. The SMILES string of the molecule is O=C(NC1(CCS(=O)(=O)Cl)CC1)OCc1ccccc1. The van der Waals surface area contributed by atoms with Crippen LogP contribution in [0.1, 0.15) is 24.8 Å². The average Bonchev–Trinajstić information content (AvgIpc) is 3.15. The van der Waals surface area contributed by atoms with Crippen molar-refractivity contribution in [1.29, 1.82) is 0 Å². The number of benzene rings is 1. The van der Waals surface area contributed by atoms with Crippen molar-refractivity contribution in [3.63, 3.8) is 0 Å². The molecule has 0 spiro atoms. The summed E-state index contributed by atoms with van der Waals surface area (Å²) in [6, 6.07) is 9.34. The molecule has 0 unspecified atom stereocenters. The quantitative estimate of drug-likeness (QED) is 0.818. The summed E-state index contributed by atoms with van der Waals surface area (Å²) in [4.78, 5) is 11.7. The van der Waals surface area contributed by atoms with Gasteiger partial charge in [0.1, 0.15) is 6.61 Å². The lowest BCUT2D eigenvalue weighted by Gasteiger charge is -2.16. The van der Waals surface area contributed by atoms with Crippen LogP contribution in [0.5, 0.6) is 0 Å². The van der Waals surface area contributed by atoms with Crippen LogP contribution in [-0.4, -0.2) is 25.8 Å². The van der Waals surface area contributed by atoms with Crippen LogP contribution < -0.4 is 5.32 Å². The van der Waals surface area contributed by atoms with Gasteiger partial charge in [-0.25, -0.2) is 13.2 Å². The minimum atomic E-state index is -3.53. The Kier molecular flexibility index (Phi) is 4.55. The predicted molar refractivity (Wildman–Crippen MR) is 76.0 cm³/mol. The zero-order valence-corrected chi connectivity index (χ0v) is 12.4. The molecule has 0 aliphatic heterocycles. The molecule has 0 bridgehead atoms. The fourth-order valence-corrected chi connectivity index (χ4v) is 2.75. The first-order chi connectivity index (χ1) is 9.39. The van der Waals surface area contributed by atoms with E-state index < -0.39 is 20.7 Å². The molecule has 0 saturated heterocycles. The van der Waals surface area contributed by atoms with Gasteiger partial charge in [0.15, 0.2) is 0 Å². The Morgan fingerprint density at radius 3 is 2.50 bits per heavy atom. The van der Waals surface area contributed by atoms with E-state index >= 15 is 0 Å². The molecule has 0 atom stereocenters. The third-order valence-corrected chi connectivity index (χ3v) is 4.41. The van der Waals surface area contributed by atoms with Gasteiger partial charge in [-0.3, -0.25) is 0 Å². The number of ether oxygens (including phenoxy) is 1. The molecule has 1 aliphatic carbocycles. The summed E-state index contributed by atoms with van der Waals surface area (Å²) < 4.78 is 27.0. The number of carbonyl (C=O) groups is 1. The van der Waals surface area contributed by atoms with E-state index in [1.54, 1.807) is 0 Å². The van der Waals surface area contributed by atoms with Crippen molar-refractivity contribution in [2.24, 2.45) is 0 Å². The van der Waals surface area contributed by atoms with Crippen molar-refractivity contribution >= 4 is 25.8 Å². The predicted octanol–water partition coefficient (Wildman–Crippen LogP) is 2.40. The second-order valence-electron chi connectivity index (χ2n) is 4.96. The van der Waals surface area contributed by atoms with Crippen LogP contribution in [-0.2, 0) is 20.4 Å². The maximum Gasteiger partial charge on any atom is 0.407 e. The van der Waals surface area contributed by atoms with E-state index in [4.69, 9.17) is 15.4 Å². The molecule has 5 nitrogen and oxygen atoms in total. The molecule has 1 fully saturated rings. The highest BCUT2D eigenvalue weighted by Crippen LogP contribution is 2.39. The first-order valence-corrected chi connectivity index (χ1v) is 8.78. The van der Waals surface area contributed by atoms with E-state index in [1.807, 2.05) is 30.3 Å². The van der Waals surface area contributed by atoms with E-state index in [9.17, 15) is 13.2 Å². The Labute approximate surface area is 122 Å². The molecule has 1 aromatic carbocycles. The second-order valence-corrected chi connectivity index (χ2v) is 7.86. The minimum Gasteiger partial charge on any atom is -0.445 e. The van der Waals surface area contributed by atoms with Gasteiger partial charge < -0.3 is 10.1 Å². The molecule has 2 rings (SSSR count). The van der Waals surface area contributed by atoms with Gasteiger partial charge in [0.05, 0.1) is 5.75 Å². The molecule has 0 aromatic heterocycles. The van der Waals surface area contributed by atoms with Crippen LogP contribution in [0.4, 0.5) is 4.79 Å². The van der Waals surface area contributed by atoms with Crippen LogP contribution in [0.15, 0.2) is 30.3 Å². The molecule has 1 saturated carbocycles. The molecule has 20 heavy (non-hydrogen) atoms. The van der Waals surface area contributed by atoms with Gasteiger partial charge in [-0.2, -0.15) is 0 Å². The van der Waals surface area contributed by atoms with Crippen LogP contribution >= 0.6 is 10.7 Å². The lowest BCUT2D eigenvalue weighted by Crippen LogP contribution is -2.38. The van der Waals surface area contributed by atoms with Crippen molar-refractivity contribution in [3.8, 4) is 0 Å². The number of carbonyl (C=O) groups excluding carboxylic acids is 1. The highest BCUT2D eigenvalue weighted by atomic mass is 35.7. The number of hydrogen-bond acceptors (Lipinski definition) is 4. The summed E-state index contributed by atoms with van der Waals surface area (Å²) in [7, 11) is 1.64. The fraction of sp³-hybridized carbons (Fsp3) is 0.462. The molecule has 7 heteroatoms. The molecule has 1 amide bonds. The highest BCUT2D eigenvalue weighted by Gasteiger charge is 2.44. The van der Waals surface area contributed by atoms with Crippen molar-refractivity contribution in [1.82, 2.24) is 5.32 Å². The standard InChI is InChI=1S/C13H16ClNO4S/c14-20(17,18)9-8-13(6-7-13)15-12(16)19-10-11-4-2-1-3-5-11/h1-5H,6-10H2,(H,15,16). The largest absolute Gasteiger partial charge is 0.445 e. The van der Waals surface area contributed by atoms with Gasteiger partial charge in [-0.1, -0.05) is 30.3 Å². The van der Waals surface area contributed by atoms with Crippen LogP contribution in [0.3, 0.4) is 0 Å². The zero-order chi connectivity index (χ0) is 14.6. The molecular weight excluding hydrogens is 302 g/mol. The minimum absolute atomic E-state index is 0.145. The van der Waals surface area contributed by atoms with Gasteiger partial charge in [0.25, 0.3) is 0 Å². The van der Waals surface area contributed by atoms with Gasteiger partial charge in [-0.15, -0.1) is 0 Å². The first-order valence-electron chi connectivity index (χ1n) is 6.30. The van der Waals surface area contributed by atoms with E-state index in [1.165, 1.54) is 0 Å². The number of amides is 1. The highest BCUT2D eigenvalue weighted by molar-refractivity contribution is 8.13. The van der Waals surface area contributed by atoms with Crippen molar-refractivity contribution < 1.29 is 17.9 Å². The number of halogens is 1. The number of rotatable bonds is 6. The van der Waals surface area contributed by atoms with Crippen molar-refractivity contribution in [3.05, 3.63) is 35.9 Å². The molecule has 1 N–H and O–H groups in total. The first kappa shape index (κ1) is 15.1. The summed E-state index contributed by atoms with van der Waals surface area (Å²) in [6.07, 6.45) is 1.29. The maximum absolute atomic E-state index is 11.7. The lowest BCUT2D eigenvalue weighted by atomic mass is 10.2. The van der Waals surface area contributed by atoms with Crippen LogP contribution in [0.25, 0.3) is 0 Å². The number of nitrogens with one attached hydrogen (secondary N) is 1. The van der Waals surface area contributed by atoms with E-state index in [0.29, 0.717) is 6.42 Å². The molecule has 1 aliphatic rings. The van der Waals surface area contributed by atoms with E-state index in [-0.39, 0.29) is 12.4 Å². The lowest BCUT2D eigenvalue weighted by molar-refractivity contribution is 0.134. The van der Waals surface area contributed by atoms with Crippen LogP contribution in [0.2, 0.25) is 0 Å². The summed E-state index contributed by atoms with van der Waals surface area (Å²) in [5, 5.41) is 2.73. The fourth-order valence-electron chi connectivity index (χ4n) is 1.88. The monoisotopic (exact) mass is 317 g/mol. The number of hydrogen-bond donors (Lipinski definition) is 1. The average molecular weight is 318 g/mol. The normalized spacial score (nSPS) is 16.4. The van der Waals surface area contributed by atoms with Gasteiger partial charge >= 0.3 is 6.09 Å². The summed E-state index contributed by atoms with van der Waals surface area (Å²) in [5.41, 5.74) is 0.436. The topological polar surface area (TPSA) is 72.5 Å². The molecular formula is C13H16ClNO4S. The maximum atomic E-state index is 11.7. The van der Waals surface area contributed by atoms with Gasteiger partial charge in [0.2, 0.25) is 9.05 Å². The smallest absolute Gasteiger partial charge is 0.407 e. The third-order valence-electron chi connectivity index (χ3n) is 3.26. The Hall–Kier alpha value is -1.27. The Morgan fingerprint density at radius 2 is 1.95 bits per heavy atom. The summed E-state index contributed by atoms with van der Waals surface area (Å²) in [6.45, 7) is 0.191. The van der Waals surface area contributed by atoms with Crippen molar-refractivity contribution in [2.45, 2.75) is 31.4 Å². The Morgan fingerprint density at radius 1 is 1.30 bits per heavy atom.